The molecular formula is C20H27F3N4O2. The number of amides is 1. The van der Waals surface area contributed by atoms with Crippen LogP contribution >= 0.6 is 0 Å². The Morgan fingerprint density at radius 1 is 1.17 bits per heavy atom. The van der Waals surface area contributed by atoms with Gasteiger partial charge in [-0.3, -0.25) is 0 Å². The summed E-state index contributed by atoms with van der Waals surface area (Å²) < 4.78 is 43.7. The molecule has 2 aliphatic rings. The Kier molecular flexibility index (Phi) is 5.78. The van der Waals surface area contributed by atoms with Crippen molar-refractivity contribution in [1.82, 2.24) is 14.9 Å². The highest BCUT2D eigenvalue weighted by atomic mass is 19.4. The first-order valence-corrected chi connectivity index (χ1v) is 9.83. The summed E-state index contributed by atoms with van der Waals surface area (Å²) in [5.74, 6) is 1.35. The minimum atomic E-state index is -4.62. The lowest BCUT2D eigenvalue weighted by Crippen LogP contribution is -2.52. The van der Waals surface area contributed by atoms with Crippen LogP contribution in [-0.4, -0.2) is 58.9 Å². The van der Waals surface area contributed by atoms with E-state index in [-0.39, 0.29) is 13.1 Å². The molecule has 1 aromatic rings. The van der Waals surface area contributed by atoms with Gasteiger partial charge in [-0.05, 0) is 52.0 Å². The van der Waals surface area contributed by atoms with Crippen LogP contribution in [0.4, 0.5) is 23.8 Å². The second kappa shape index (κ2) is 7.84. The lowest BCUT2D eigenvalue weighted by atomic mass is 9.99. The van der Waals surface area contributed by atoms with Crippen LogP contribution < -0.4 is 4.90 Å². The molecule has 0 bridgehead atoms. The van der Waals surface area contributed by atoms with Crippen molar-refractivity contribution < 1.29 is 22.7 Å². The Hall–Kier alpha value is -2.32. The fraction of sp³-hybridized carbons (Fsp3) is 0.650. The molecule has 1 aromatic heterocycles. The van der Waals surface area contributed by atoms with Crippen LogP contribution in [0.3, 0.4) is 0 Å². The van der Waals surface area contributed by atoms with E-state index in [0.29, 0.717) is 19.0 Å². The van der Waals surface area contributed by atoms with Crippen LogP contribution in [0.15, 0.2) is 12.4 Å². The van der Waals surface area contributed by atoms with Gasteiger partial charge in [-0.1, -0.05) is 6.08 Å². The van der Waals surface area contributed by atoms with Gasteiger partial charge in [-0.2, -0.15) is 13.2 Å². The standard InChI is InChI=1S/C20H27F3N4O2/c1-5-15(14-6-7-14)16-13(2)24-12-25-17(16)26-8-10-27(11-9-26)18(28)29-19(3,4)20(21,22)23/h5,12,14H,6-11H2,1-4H3/b15-5-. The minimum Gasteiger partial charge on any atom is -0.434 e. The summed E-state index contributed by atoms with van der Waals surface area (Å²) in [5.41, 5.74) is 0.658. The van der Waals surface area contributed by atoms with Crippen LogP contribution in [0, 0.1) is 12.8 Å². The number of hydrogen-bond acceptors (Lipinski definition) is 5. The van der Waals surface area contributed by atoms with Crippen LogP contribution in [-0.2, 0) is 4.74 Å². The van der Waals surface area contributed by atoms with Crippen molar-refractivity contribution >= 4 is 17.5 Å². The molecule has 29 heavy (non-hydrogen) atoms. The molecule has 160 valence electrons. The van der Waals surface area contributed by atoms with Crippen molar-refractivity contribution in [2.45, 2.75) is 52.3 Å². The van der Waals surface area contributed by atoms with E-state index in [2.05, 4.69) is 20.9 Å². The molecule has 6 nitrogen and oxygen atoms in total. The highest BCUT2D eigenvalue weighted by Crippen LogP contribution is 2.45. The first-order valence-electron chi connectivity index (χ1n) is 9.83. The second-order valence-electron chi connectivity index (χ2n) is 8.03. The van der Waals surface area contributed by atoms with Gasteiger partial charge in [0, 0.05) is 31.7 Å². The molecule has 2 fully saturated rings. The number of carbonyl (C=O) groups is 1. The number of alkyl halides is 3. The van der Waals surface area contributed by atoms with E-state index < -0.39 is 17.9 Å². The highest BCUT2D eigenvalue weighted by molar-refractivity contribution is 5.78. The number of halogens is 3. The van der Waals surface area contributed by atoms with Crippen molar-refractivity contribution in [2.75, 3.05) is 31.1 Å². The normalized spacial score (nSPS) is 18.8. The largest absolute Gasteiger partial charge is 0.434 e. The first-order chi connectivity index (χ1) is 13.5. The predicted molar refractivity (Wildman–Crippen MR) is 104 cm³/mol. The third-order valence-electron chi connectivity index (χ3n) is 5.50. The number of carbonyl (C=O) groups excluding carboxylic acids is 1. The van der Waals surface area contributed by atoms with Gasteiger partial charge in [-0.25, -0.2) is 14.8 Å². The van der Waals surface area contributed by atoms with Gasteiger partial charge in [0.05, 0.1) is 5.69 Å². The van der Waals surface area contributed by atoms with Crippen LogP contribution in [0.2, 0.25) is 0 Å². The summed E-state index contributed by atoms with van der Waals surface area (Å²) >= 11 is 0. The molecule has 2 heterocycles. The molecule has 9 heteroatoms. The lowest BCUT2D eigenvalue weighted by molar-refractivity contribution is -0.246. The average molecular weight is 412 g/mol. The molecule has 3 rings (SSSR count). The van der Waals surface area contributed by atoms with Gasteiger partial charge in [0.1, 0.15) is 12.1 Å². The zero-order valence-electron chi connectivity index (χ0n) is 17.2. The SMILES string of the molecule is C/C=C(\c1c(C)ncnc1N1CCN(C(=O)OC(C)(C)C(F)(F)F)CC1)C1CC1. The van der Waals surface area contributed by atoms with Crippen molar-refractivity contribution in [2.24, 2.45) is 5.92 Å². The summed E-state index contributed by atoms with van der Waals surface area (Å²) in [4.78, 5) is 24.5. The lowest BCUT2D eigenvalue weighted by Gasteiger charge is -2.37. The molecule has 1 aliphatic heterocycles. The number of hydrogen-bond donors (Lipinski definition) is 0. The summed E-state index contributed by atoms with van der Waals surface area (Å²) in [7, 11) is 0. The minimum absolute atomic E-state index is 0.268. The quantitative estimate of drug-likeness (QED) is 0.742. The average Bonchev–Trinajstić information content (AvgIpc) is 3.47. The molecule has 1 saturated carbocycles. The summed E-state index contributed by atoms with van der Waals surface area (Å²) in [6.07, 6.45) is 0.381. The Labute approximate surface area is 168 Å². The molecule has 0 atom stereocenters. The van der Waals surface area contributed by atoms with E-state index in [0.717, 1.165) is 43.8 Å². The highest BCUT2D eigenvalue weighted by Gasteiger charge is 2.51. The zero-order chi connectivity index (χ0) is 21.4. The van der Waals surface area contributed by atoms with Crippen LogP contribution in [0.25, 0.3) is 5.57 Å². The molecule has 0 radical (unpaired) electrons. The van der Waals surface area contributed by atoms with E-state index >= 15 is 0 Å². The molecule has 1 amide bonds. The van der Waals surface area contributed by atoms with Gasteiger partial charge in [0.2, 0.25) is 5.60 Å². The predicted octanol–water partition coefficient (Wildman–Crippen LogP) is 4.20. The number of allylic oxidation sites excluding steroid dienone is 2. The maximum atomic E-state index is 13.0. The van der Waals surface area contributed by atoms with Gasteiger partial charge < -0.3 is 14.5 Å². The second-order valence-corrected chi connectivity index (χ2v) is 8.03. The molecular weight excluding hydrogens is 385 g/mol. The number of aromatic nitrogens is 2. The number of ether oxygens (including phenoxy) is 1. The fourth-order valence-corrected chi connectivity index (χ4v) is 3.46. The van der Waals surface area contributed by atoms with Gasteiger partial charge in [0.25, 0.3) is 0 Å². The molecule has 0 unspecified atom stereocenters. The maximum Gasteiger partial charge on any atom is 0.427 e. The van der Waals surface area contributed by atoms with Gasteiger partial charge >= 0.3 is 12.3 Å². The van der Waals surface area contributed by atoms with E-state index in [1.807, 2.05) is 13.8 Å². The maximum absolute atomic E-state index is 13.0. The fourth-order valence-electron chi connectivity index (χ4n) is 3.46. The Morgan fingerprint density at radius 3 is 2.31 bits per heavy atom. The van der Waals surface area contributed by atoms with E-state index in [4.69, 9.17) is 4.74 Å². The smallest absolute Gasteiger partial charge is 0.427 e. The van der Waals surface area contributed by atoms with E-state index in [1.165, 1.54) is 16.8 Å². The van der Waals surface area contributed by atoms with Crippen molar-refractivity contribution in [3.8, 4) is 0 Å². The van der Waals surface area contributed by atoms with E-state index in [1.54, 1.807) is 0 Å². The van der Waals surface area contributed by atoms with Crippen LogP contribution in [0.5, 0.6) is 0 Å². The van der Waals surface area contributed by atoms with Gasteiger partial charge in [0.15, 0.2) is 0 Å². The number of piperazine rings is 1. The van der Waals surface area contributed by atoms with Gasteiger partial charge in [-0.15, -0.1) is 0 Å². The third-order valence-corrected chi connectivity index (χ3v) is 5.50. The first kappa shape index (κ1) is 21.4. The topological polar surface area (TPSA) is 58.6 Å². The van der Waals surface area contributed by atoms with Crippen molar-refractivity contribution in [3.63, 3.8) is 0 Å². The van der Waals surface area contributed by atoms with Crippen molar-refractivity contribution in [1.29, 1.82) is 0 Å². The molecule has 0 spiro atoms. The molecule has 0 N–H and O–H groups in total. The Bertz CT molecular complexity index is 795. The molecule has 1 aliphatic carbocycles. The molecule has 0 aromatic carbocycles. The number of nitrogens with zero attached hydrogens (tertiary/aromatic N) is 4. The Morgan fingerprint density at radius 2 is 1.79 bits per heavy atom. The van der Waals surface area contributed by atoms with Crippen LogP contribution in [0.1, 0.15) is 44.9 Å². The van der Waals surface area contributed by atoms with E-state index in [9.17, 15) is 18.0 Å². The number of aryl methyl sites for hydroxylation is 1. The Balaban J connectivity index is 1.70. The number of anilines is 1. The third kappa shape index (κ3) is 4.48. The van der Waals surface area contributed by atoms with Crippen molar-refractivity contribution in [3.05, 3.63) is 23.7 Å². The number of rotatable bonds is 4. The summed E-state index contributed by atoms with van der Waals surface area (Å²) in [5, 5.41) is 0. The molecule has 1 saturated heterocycles. The summed E-state index contributed by atoms with van der Waals surface area (Å²) in [6, 6.07) is 0. The summed E-state index contributed by atoms with van der Waals surface area (Å²) in [6.45, 7) is 7.15. The zero-order valence-corrected chi connectivity index (χ0v) is 17.2. The monoisotopic (exact) mass is 412 g/mol.